The van der Waals surface area contributed by atoms with Gasteiger partial charge in [0.25, 0.3) is 0 Å². The standard InChI is InChI=1S/C15H32N2/c1-6-14(7-2)17(10-13(3)4)12-15(5)8-9-16-11-15/h13-14,16H,6-12H2,1-5H3. The molecule has 0 spiro atoms. The summed E-state index contributed by atoms with van der Waals surface area (Å²) in [7, 11) is 0. The van der Waals surface area contributed by atoms with Gasteiger partial charge in [-0.2, -0.15) is 0 Å². The molecule has 1 saturated heterocycles. The highest BCUT2D eigenvalue weighted by Crippen LogP contribution is 2.28. The van der Waals surface area contributed by atoms with Gasteiger partial charge in [-0.1, -0.05) is 34.6 Å². The van der Waals surface area contributed by atoms with Crippen molar-refractivity contribution < 1.29 is 0 Å². The quantitative estimate of drug-likeness (QED) is 0.735. The maximum atomic E-state index is 3.52. The minimum Gasteiger partial charge on any atom is -0.316 e. The maximum absolute atomic E-state index is 3.52. The molecule has 1 heterocycles. The van der Waals surface area contributed by atoms with E-state index in [-0.39, 0.29) is 0 Å². The summed E-state index contributed by atoms with van der Waals surface area (Å²) in [5, 5.41) is 3.52. The first-order valence-corrected chi connectivity index (χ1v) is 7.45. The highest BCUT2D eigenvalue weighted by molar-refractivity contribution is 4.88. The van der Waals surface area contributed by atoms with E-state index in [1.807, 2.05) is 0 Å². The monoisotopic (exact) mass is 240 g/mol. The largest absolute Gasteiger partial charge is 0.316 e. The van der Waals surface area contributed by atoms with E-state index in [0.29, 0.717) is 5.41 Å². The van der Waals surface area contributed by atoms with Gasteiger partial charge in [-0.05, 0) is 37.1 Å². The van der Waals surface area contributed by atoms with Crippen LogP contribution < -0.4 is 5.32 Å². The fourth-order valence-electron chi connectivity index (χ4n) is 3.11. The molecule has 0 aliphatic carbocycles. The van der Waals surface area contributed by atoms with E-state index in [1.165, 1.54) is 45.4 Å². The Bertz CT molecular complexity index is 203. The Kier molecular flexibility index (Phi) is 5.94. The highest BCUT2D eigenvalue weighted by Gasteiger charge is 2.32. The molecule has 0 aromatic carbocycles. The first kappa shape index (κ1) is 15.0. The van der Waals surface area contributed by atoms with E-state index in [1.54, 1.807) is 0 Å². The van der Waals surface area contributed by atoms with Crippen LogP contribution in [0.2, 0.25) is 0 Å². The van der Waals surface area contributed by atoms with Crippen molar-refractivity contribution in [1.82, 2.24) is 10.2 Å². The normalized spacial score (nSPS) is 25.4. The summed E-state index contributed by atoms with van der Waals surface area (Å²) in [4.78, 5) is 2.75. The van der Waals surface area contributed by atoms with Gasteiger partial charge in [0.2, 0.25) is 0 Å². The second-order valence-electron chi connectivity index (χ2n) is 6.53. The van der Waals surface area contributed by atoms with Gasteiger partial charge in [0, 0.05) is 25.7 Å². The molecule has 102 valence electrons. The van der Waals surface area contributed by atoms with Gasteiger partial charge < -0.3 is 5.32 Å². The van der Waals surface area contributed by atoms with Crippen LogP contribution in [0.5, 0.6) is 0 Å². The molecule has 17 heavy (non-hydrogen) atoms. The molecule has 0 saturated carbocycles. The van der Waals surface area contributed by atoms with Gasteiger partial charge >= 0.3 is 0 Å². The topological polar surface area (TPSA) is 15.3 Å². The van der Waals surface area contributed by atoms with Crippen molar-refractivity contribution in [3.63, 3.8) is 0 Å². The number of rotatable bonds is 7. The summed E-state index contributed by atoms with van der Waals surface area (Å²) in [6, 6.07) is 0.773. The fourth-order valence-corrected chi connectivity index (χ4v) is 3.11. The summed E-state index contributed by atoms with van der Waals surface area (Å²) in [6.45, 7) is 16.7. The van der Waals surface area contributed by atoms with E-state index in [0.717, 1.165) is 12.0 Å². The van der Waals surface area contributed by atoms with Gasteiger partial charge in [0.05, 0.1) is 0 Å². The van der Waals surface area contributed by atoms with E-state index < -0.39 is 0 Å². The van der Waals surface area contributed by atoms with E-state index in [4.69, 9.17) is 0 Å². The van der Waals surface area contributed by atoms with Crippen LogP contribution >= 0.6 is 0 Å². The summed E-state index contributed by atoms with van der Waals surface area (Å²) in [5.74, 6) is 0.772. The van der Waals surface area contributed by atoms with E-state index in [9.17, 15) is 0 Å². The second kappa shape index (κ2) is 6.75. The molecule has 2 heteroatoms. The molecule has 0 amide bonds. The average molecular weight is 240 g/mol. The molecule has 1 unspecified atom stereocenters. The Morgan fingerprint density at radius 2 is 1.88 bits per heavy atom. The van der Waals surface area contributed by atoms with Crippen molar-refractivity contribution in [2.24, 2.45) is 11.3 Å². The Balaban J connectivity index is 2.61. The zero-order valence-corrected chi connectivity index (χ0v) is 12.6. The summed E-state index contributed by atoms with van der Waals surface area (Å²) in [5.41, 5.74) is 0.498. The van der Waals surface area contributed by atoms with Crippen molar-refractivity contribution in [2.75, 3.05) is 26.2 Å². The van der Waals surface area contributed by atoms with Crippen molar-refractivity contribution in [3.05, 3.63) is 0 Å². The molecule has 1 aliphatic rings. The van der Waals surface area contributed by atoms with Crippen LogP contribution in [-0.4, -0.2) is 37.1 Å². The van der Waals surface area contributed by atoms with E-state index in [2.05, 4.69) is 44.8 Å². The SMILES string of the molecule is CCC(CC)N(CC(C)C)CC1(C)CCNC1. The van der Waals surface area contributed by atoms with Crippen molar-refractivity contribution in [3.8, 4) is 0 Å². The van der Waals surface area contributed by atoms with Crippen molar-refractivity contribution in [2.45, 2.75) is 59.9 Å². The average Bonchev–Trinajstić information content (AvgIpc) is 2.65. The van der Waals surface area contributed by atoms with Crippen LogP contribution in [-0.2, 0) is 0 Å². The Morgan fingerprint density at radius 1 is 1.24 bits per heavy atom. The van der Waals surface area contributed by atoms with Crippen LogP contribution in [0.4, 0.5) is 0 Å². The highest BCUT2D eigenvalue weighted by atomic mass is 15.2. The zero-order chi connectivity index (χ0) is 12.9. The lowest BCUT2D eigenvalue weighted by molar-refractivity contribution is 0.108. The maximum Gasteiger partial charge on any atom is 0.00903 e. The first-order valence-electron chi connectivity index (χ1n) is 7.45. The van der Waals surface area contributed by atoms with Gasteiger partial charge in [0.1, 0.15) is 0 Å². The van der Waals surface area contributed by atoms with Gasteiger partial charge in [-0.15, -0.1) is 0 Å². The predicted octanol–water partition coefficient (Wildman–Crippen LogP) is 3.13. The predicted molar refractivity (Wildman–Crippen MR) is 76.4 cm³/mol. The minimum atomic E-state index is 0.498. The fraction of sp³-hybridized carbons (Fsp3) is 1.00. The van der Waals surface area contributed by atoms with Crippen LogP contribution in [0.25, 0.3) is 0 Å². The van der Waals surface area contributed by atoms with Crippen LogP contribution in [0, 0.1) is 11.3 Å². The Hall–Kier alpha value is -0.0800. The smallest absolute Gasteiger partial charge is 0.00903 e. The van der Waals surface area contributed by atoms with Gasteiger partial charge in [-0.25, -0.2) is 0 Å². The third-order valence-electron chi connectivity index (χ3n) is 4.10. The first-order chi connectivity index (χ1) is 8.00. The molecule has 0 bridgehead atoms. The molecule has 1 aliphatic heterocycles. The molecule has 0 radical (unpaired) electrons. The lowest BCUT2D eigenvalue weighted by Crippen LogP contribution is -2.44. The molecule has 1 atom stereocenters. The van der Waals surface area contributed by atoms with Crippen LogP contribution in [0.15, 0.2) is 0 Å². The van der Waals surface area contributed by atoms with Crippen LogP contribution in [0.1, 0.15) is 53.9 Å². The molecule has 1 fully saturated rings. The number of hydrogen-bond donors (Lipinski definition) is 1. The molecule has 0 aromatic heterocycles. The van der Waals surface area contributed by atoms with Crippen molar-refractivity contribution in [1.29, 1.82) is 0 Å². The molecule has 1 N–H and O–H groups in total. The number of hydrogen-bond acceptors (Lipinski definition) is 2. The van der Waals surface area contributed by atoms with Gasteiger partial charge in [0.15, 0.2) is 0 Å². The van der Waals surface area contributed by atoms with E-state index >= 15 is 0 Å². The minimum absolute atomic E-state index is 0.498. The second-order valence-corrected chi connectivity index (χ2v) is 6.53. The lowest BCUT2D eigenvalue weighted by Gasteiger charge is -2.38. The third kappa shape index (κ3) is 4.59. The van der Waals surface area contributed by atoms with Crippen molar-refractivity contribution >= 4 is 0 Å². The molecular formula is C15H32N2. The molecule has 0 aromatic rings. The Morgan fingerprint density at radius 3 is 2.29 bits per heavy atom. The molecule has 2 nitrogen and oxygen atoms in total. The zero-order valence-electron chi connectivity index (χ0n) is 12.6. The molecule has 1 rings (SSSR count). The summed E-state index contributed by atoms with van der Waals surface area (Å²) >= 11 is 0. The lowest BCUT2D eigenvalue weighted by atomic mass is 9.88. The number of nitrogens with zero attached hydrogens (tertiary/aromatic N) is 1. The van der Waals surface area contributed by atoms with Crippen LogP contribution in [0.3, 0.4) is 0 Å². The Labute approximate surface area is 108 Å². The summed E-state index contributed by atoms with van der Waals surface area (Å²) in [6.07, 6.45) is 3.90. The third-order valence-corrected chi connectivity index (χ3v) is 4.10. The molecular weight excluding hydrogens is 208 g/mol. The summed E-state index contributed by atoms with van der Waals surface area (Å²) < 4.78 is 0. The number of nitrogens with one attached hydrogen (secondary N) is 1. The van der Waals surface area contributed by atoms with Gasteiger partial charge in [-0.3, -0.25) is 4.90 Å².